The van der Waals surface area contributed by atoms with E-state index in [1.54, 1.807) is 0 Å². The van der Waals surface area contributed by atoms with Crippen molar-refractivity contribution in [3.8, 4) is 0 Å². The second-order valence-corrected chi connectivity index (χ2v) is 7.22. The Morgan fingerprint density at radius 2 is 2.00 bits per heavy atom. The van der Waals surface area contributed by atoms with Gasteiger partial charge in [0.2, 0.25) is 0 Å². The zero-order chi connectivity index (χ0) is 13.3. The van der Waals surface area contributed by atoms with Gasteiger partial charge in [0.15, 0.2) is 0 Å². The van der Waals surface area contributed by atoms with Gasteiger partial charge in [-0.05, 0) is 31.6 Å². The highest BCUT2D eigenvalue weighted by Crippen LogP contribution is 2.36. The lowest BCUT2D eigenvalue weighted by molar-refractivity contribution is -0.0403. The number of nitrogens with one attached hydrogen (secondary N) is 1. The molecule has 1 N–H and O–H groups in total. The molecular formula is C16H30N2O. The molecule has 19 heavy (non-hydrogen) atoms. The van der Waals surface area contributed by atoms with Crippen LogP contribution in [0.2, 0.25) is 0 Å². The lowest BCUT2D eigenvalue weighted by Crippen LogP contribution is -2.67. The molecule has 2 aliphatic heterocycles. The van der Waals surface area contributed by atoms with Gasteiger partial charge < -0.3 is 10.1 Å². The molecule has 0 aromatic heterocycles. The lowest BCUT2D eigenvalue weighted by Gasteiger charge is -2.51. The molecule has 3 rings (SSSR count). The molecule has 1 saturated carbocycles. The number of ether oxygens (including phenoxy) is 1. The normalized spacial score (nSPS) is 36.2. The molecule has 3 fully saturated rings. The molecule has 2 unspecified atom stereocenters. The molecule has 2 saturated heterocycles. The summed E-state index contributed by atoms with van der Waals surface area (Å²) in [6.45, 7) is 9.10. The predicted molar refractivity (Wildman–Crippen MR) is 78.4 cm³/mol. The van der Waals surface area contributed by atoms with Crippen molar-refractivity contribution in [2.24, 2.45) is 5.92 Å². The Morgan fingerprint density at radius 1 is 1.21 bits per heavy atom. The molecular weight excluding hydrogens is 236 g/mol. The molecule has 0 aromatic rings. The van der Waals surface area contributed by atoms with Gasteiger partial charge in [0, 0.05) is 37.3 Å². The number of rotatable bonds is 2. The van der Waals surface area contributed by atoms with Crippen LogP contribution in [-0.2, 0) is 4.74 Å². The van der Waals surface area contributed by atoms with Crippen molar-refractivity contribution >= 4 is 0 Å². The van der Waals surface area contributed by atoms with E-state index in [2.05, 4.69) is 24.1 Å². The van der Waals surface area contributed by atoms with Crippen molar-refractivity contribution < 1.29 is 4.74 Å². The maximum atomic E-state index is 5.75. The summed E-state index contributed by atoms with van der Waals surface area (Å²) in [6.07, 6.45) is 8.15. The van der Waals surface area contributed by atoms with E-state index in [-0.39, 0.29) is 0 Å². The van der Waals surface area contributed by atoms with Crippen LogP contribution < -0.4 is 5.32 Å². The lowest BCUT2D eigenvalue weighted by atomic mass is 9.87. The summed E-state index contributed by atoms with van der Waals surface area (Å²) in [5.41, 5.74) is 0.433. The van der Waals surface area contributed by atoms with Crippen LogP contribution >= 0.6 is 0 Å². The second kappa shape index (κ2) is 5.71. The van der Waals surface area contributed by atoms with Crippen LogP contribution in [0.15, 0.2) is 0 Å². The Kier molecular flexibility index (Phi) is 4.16. The van der Waals surface area contributed by atoms with Gasteiger partial charge in [-0.1, -0.05) is 26.7 Å². The average Bonchev–Trinajstić information content (AvgIpc) is 2.87. The monoisotopic (exact) mass is 266 g/mol. The van der Waals surface area contributed by atoms with E-state index in [1.165, 1.54) is 51.6 Å². The summed E-state index contributed by atoms with van der Waals surface area (Å²) in [4.78, 5) is 2.81. The summed E-state index contributed by atoms with van der Waals surface area (Å²) in [5.74, 6) is 0.730. The Bertz CT molecular complexity index is 293. The molecule has 1 spiro atoms. The van der Waals surface area contributed by atoms with Crippen LogP contribution in [0.3, 0.4) is 0 Å². The SMILES string of the molecule is CC(C)C1CNC2(CCCC2)CN1C1CCCOC1. The van der Waals surface area contributed by atoms with Gasteiger partial charge in [0.25, 0.3) is 0 Å². The minimum absolute atomic E-state index is 0.433. The molecule has 3 nitrogen and oxygen atoms in total. The van der Waals surface area contributed by atoms with Crippen molar-refractivity contribution in [1.29, 1.82) is 0 Å². The molecule has 0 bridgehead atoms. The van der Waals surface area contributed by atoms with Crippen LogP contribution in [0.4, 0.5) is 0 Å². The molecule has 2 atom stereocenters. The topological polar surface area (TPSA) is 24.5 Å². The second-order valence-electron chi connectivity index (χ2n) is 7.22. The summed E-state index contributed by atoms with van der Waals surface area (Å²) >= 11 is 0. The zero-order valence-electron chi connectivity index (χ0n) is 12.7. The van der Waals surface area contributed by atoms with Crippen molar-refractivity contribution in [2.75, 3.05) is 26.3 Å². The van der Waals surface area contributed by atoms with Crippen molar-refractivity contribution in [3.05, 3.63) is 0 Å². The molecule has 3 aliphatic rings. The van der Waals surface area contributed by atoms with E-state index in [9.17, 15) is 0 Å². The summed E-state index contributed by atoms with van der Waals surface area (Å²) in [6, 6.07) is 1.36. The van der Waals surface area contributed by atoms with E-state index in [4.69, 9.17) is 4.74 Å². The fourth-order valence-corrected chi connectivity index (χ4v) is 4.35. The zero-order valence-corrected chi connectivity index (χ0v) is 12.7. The van der Waals surface area contributed by atoms with Crippen LogP contribution in [0, 0.1) is 5.92 Å². The van der Waals surface area contributed by atoms with Gasteiger partial charge in [0.1, 0.15) is 0 Å². The minimum Gasteiger partial charge on any atom is -0.380 e. The van der Waals surface area contributed by atoms with E-state index in [0.29, 0.717) is 17.6 Å². The van der Waals surface area contributed by atoms with Crippen LogP contribution in [0.25, 0.3) is 0 Å². The van der Waals surface area contributed by atoms with E-state index in [0.717, 1.165) is 19.1 Å². The van der Waals surface area contributed by atoms with Gasteiger partial charge in [-0.25, -0.2) is 0 Å². The Balaban J connectivity index is 1.73. The van der Waals surface area contributed by atoms with Gasteiger partial charge in [0.05, 0.1) is 6.61 Å². The standard InChI is InChI=1S/C16H30N2O/c1-13(2)15-10-17-16(7-3-4-8-16)12-18(15)14-6-5-9-19-11-14/h13-15,17H,3-12H2,1-2H3. The van der Waals surface area contributed by atoms with Gasteiger partial charge in [-0.3, -0.25) is 4.90 Å². The van der Waals surface area contributed by atoms with Crippen LogP contribution in [0.1, 0.15) is 52.4 Å². The third-order valence-electron chi connectivity index (χ3n) is 5.53. The maximum absolute atomic E-state index is 5.75. The largest absolute Gasteiger partial charge is 0.380 e. The summed E-state index contributed by atoms with van der Waals surface area (Å²) in [7, 11) is 0. The summed E-state index contributed by atoms with van der Waals surface area (Å²) < 4.78 is 5.75. The number of piperazine rings is 1. The third kappa shape index (κ3) is 2.84. The highest BCUT2D eigenvalue weighted by molar-refractivity contribution is 5.03. The molecule has 2 heterocycles. The first-order valence-corrected chi connectivity index (χ1v) is 8.29. The highest BCUT2D eigenvalue weighted by Gasteiger charge is 2.44. The Hall–Kier alpha value is -0.120. The Morgan fingerprint density at radius 3 is 2.63 bits per heavy atom. The van der Waals surface area contributed by atoms with Crippen LogP contribution in [0.5, 0.6) is 0 Å². The first kappa shape index (κ1) is 13.8. The third-order valence-corrected chi connectivity index (χ3v) is 5.53. The maximum Gasteiger partial charge on any atom is 0.0621 e. The molecule has 0 radical (unpaired) electrons. The fourth-order valence-electron chi connectivity index (χ4n) is 4.35. The molecule has 0 amide bonds. The van der Waals surface area contributed by atoms with Gasteiger partial charge in [-0.2, -0.15) is 0 Å². The fraction of sp³-hybridized carbons (Fsp3) is 1.00. The number of hydrogen-bond donors (Lipinski definition) is 1. The van der Waals surface area contributed by atoms with Gasteiger partial charge >= 0.3 is 0 Å². The first-order chi connectivity index (χ1) is 9.20. The smallest absolute Gasteiger partial charge is 0.0621 e. The molecule has 0 aromatic carbocycles. The summed E-state index contributed by atoms with van der Waals surface area (Å²) in [5, 5.41) is 3.91. The van der Waals surface area contributed by atoms with E-state index < -0.39 is 0 Å². The van der Waals surface area contributed by atoms with Crippen molar-refractivity contribution in [1.82, 2.24) is 10.2 Å². The quantitative estimate of drug-likeness (QED) is 0.830. The highest BCUT2D eigenvalue weighted by atomic mass is 16.5. The van der Waals surface area contributed by atoms with Gasteiger partial charge in [-0.15, -0.1) is 0 Å². The Labute approximate surface area is 118 Å². The number of hydrogen-bond acceptors (Lipinski definition) is 3. The van der Waals surface area contributed by atoms with Crippen molar-refractivity contribution in [2.45, 2.75) is 70.0 Å². The van der Waals surface area contributed by atoms with E-state index >= 15 is 0 Å². The molecule has 110 valence electrons. The molecule has 1 aliphatic carbocycles. The minimum atomic E-state index is 0.433. The first-order valence-electron chi connectivity index (χ1n) is 8.29. The van der Waals surface area contributed by atoms with Crippen LogP contribution in [-0.4, -0.2) is 48.8 Å². The predicted octanol–water partition coefficient (Wildman–Crippen LogP) is 2.41. The van der Waals surface area contributed by atoms with E-state index in [1.807, 2.05) is 0 Å². The average molecular weight is 266 g/mol. The molecule has 3 heteroatoms. The van der Waals surface area contributed by atoms with Crippen molar-refractivity contribution in [3.63, 3.8) is 0 Å². The number of nitrogens with zero attached hydrogens (tertiary/aromatic N) is 1.